The van der Waals surface area contributed by atoms with E-state index in [9.17, 15) is 9.59 Å². The van der Waals surface area contributed by atoms with E-state index in [-0.39, 0.29) is 24.4 Å². The monoisotopic (exact) mass is 384 g/mol. The number of hydrogen-bond acceptors (Lipinski definition) is 4. The van der Waals surface area contributed by atoms with E-state index in [1.54, 1.807) is 24.3 Å². The lowest BCUT2D eigenvalue weighted by molar-refractivity contribution is -0.116. The highest BCUT2D eigenvalue weighted by Crippen LogP contribution is 2.29. The van der Waals surface area contributed by atoms with Gasteiger partial charge in [0.2, 0.25) is 5.91 Å². The molecule has 0 spiro atoms. The Morgan fingerprint density at radius 2 is 1.93 bits per heavy atom. The molecular formula is C20H21ClN4O2. The first-order valence-corrected chi connectivity index (χ1v) is 9.35. The second-order valence-electron chi connectivity index (χ2n) is 6.20. The molecule has 2 aromatic carbocycles. The zero-order chi connectivity index (χ0) is 19.4. The van der Waals surface area contributed by atoms with Crippen molar-refractivity contribution in [1.29, 1.82) is 0 Å². The van der Waals surface area contributed by atoms with E-state index in [1.165, 1.54) is 4.68 Å². The van der Waals surface area contributed by atoms with Gasteiger partial charge in [-0.2, -0.15) is 0 Å². The van der Waals surface area contributed by atoms with Crippen LogP contribution in [0.15, 0.2) is 41.2 Å². The SMILES string of the molecule is CCc1ccc(Cl)c(CC)c1NC(=O)CCn1nnc2ccccc2c1=O. The molecule has 0 aliphatic carbocycles. The molecule has 1 N–H and O–H groups in total. The predicted molar refractivity (Wildman–Crippen MR) is 107 cm³/mol. The second-order valence-corrected chi connectivity index (χ2v) is 6.61. The van der Waals surface area contributed by atoms with Gasteiger partial charge in [-0.25, -0.2) is 4.68 Å². The first kappa shape index (κ1) is 19.0. The van der Waals surface area contributed by atoms with E-state index in [4.69, 9.17) is 11.6 Å². The minimum Gasteiger partial charge on any atom is -0.325 e. The molecule has 140 valence electrons. The number of amides is 1. The van der Waals surface area contributed by atoms with Crippen molar-refractivity contribution in [2.24, 2.45) is 0 Å². The molecule has 6 nitrogen and oxygen atoms in total. The standard InChI is InChI=1S/C20H21ClN4O2/c1-3-13-9-10-16(21)14(4-2)19(13)22-18(26)11-12-25-20(27)15-7-5-6-8-17(15)23-24-25/h5-10H,3-4,11-12H2,1-2H3,(H,22,26). The molecule has 27 heavy (non-hydrogen) atoms. The Kier molecular flexibility index (Phi) is 5.86. The van der Waals surface area contributed by atoms with Crippen molar-refractivity contribution in [1.82, 2.24) is 15.0 Å². The number of nitrogens with zero attached hydrogens (tertiary/aromatic N) is 3. The summed E-state index contributed by atoms with van der Waals surface area (Å²) >= 11 is 6.28. The van der Waals surface area contributed by atoms with E-state index in [0.29, 0.717) is 15.9 Å². The smallest absolute Gasteiger partial charge is 0.277 e. The van der Waals surface area contributed by atoms with Crippen LogP contribution < -0.4 is 10.9 Å². The Morgan fingerprint density at radius 3 is 2.67 bits per heavy atom. The largest absolute Gasteiger partial charge is 0.325 e. The van der Waals surface area contributed by atoms with Crippen LogP contribution in [0.1, 0.15) is 31.4 Å². The van der Waals surface area contributed by atoms with Crippen molar-refractivity contribution in [3.8, 4) is 0 Å². The van der Waals surface area contributed by atoms with Gasteiger partial charge in [-0.3, -0.25) is 9.59 Å². The molecule has 3 aromatic rings. The second kappa shape index (κ2) is 8.31. The highest BCUT2D eigenvalue weighted by atomic mass is 35.5. The van der Waals surface area contributed by atoms with Gasteiger partial charge >= 0.3 is 0 Å². The Balaban J connectivity index is 1.77. The van der Waals surface area contributed by atoms with Gasteiger partial charge in [0.1, 0.15) is 5.52 Å². The van der Waals surface area contributed by atoms with Gasteiger partial charge in [-0.1, -0.05) is 48.9 Å². The molecule has 0 saturated carbocycles. The molecule has 1 amide bonds. The molecule has 0 aliphatic heterocycles. The topological polar surface area (TPSA) is 76.9 Å². The number of anilines is 1. The molecule has 3 rings (SSSR count). The molecule has 0 saturated heterocycles. The lowest BCUT2D eigenvalue weighted by atomic mass is 10.0. The summed E-state index contributed by atoms with van der Waals surface area (Å²) in [4.78, 5) is 24.9. The van der Waals surface area contributed by atoms with Crippen molar-refractivity contribution in [2.75, 3.05) is 5.32 Å². The normalized spacial score (nSPS) is 10.9. The van der Waals surface area contributed by atoms with Crippen molar-refractivity contribution in [2.45, 2.75) is 39.7 Å². The number of rotatable bonds is 6. The van der Waals surface area contributed by atoms with Crippen LogP contribution in [0.5, 0.6) is 0 Å². The summed E-state index contributed by atoms with van der Waals surface area (Å²) in [6, 6.07) is 10.8. The van der Waals surface area contributed by atoms with Crippen molar-refractivity contribution in [3.05, 3.63) is 62.9 Å². The summed E-state index contributed by atoms with van der Waals surface area (Å²) in [7, 11) is 0. The van der Waals surface area contributed by atoms with E-state index < -0.39 is 0 Å². The fourth-order valence-corrected chi connectivity index (χ4v) is 3.34. The minimum absolute atomic E-state index is 0.117. The third kappa shape index (κ3) is 4.01. The number of halogens is 1. The van der Waals surface area contributed by atoms with Gasteiger partial charge in [0.05, 0.1) is 11.9 Å². The predicted octanol–water partition coefficient (Wildman–Crippen LogP) is 3.60. The average Bonchev–Trinajstić information content (AvgIpc) is 2.68. The average molecular weight is 385 g/mol. The van der Waals surface area contributed by atoms with Gasteiger partial charge in [0.15, 0.2) is 0 Å². The summed E-state index contributed by atoms with van der Waals surface area (Å²) in [6.07, 6.45) is 1.62. The summed E-state index contributed by atoms with van der Waals surface area (Å²) in [5.74, 6) is -0.191. The third-order valence-corrected chi connectivity index (χ3v) is 4.87. The van der Waals surface area contributed by atoms with E-state index in [0.717, 1.165) is 29.7 Å². The van der Waals surface area contributed by atoms with Crippen LogP contribution in [0.4, 0.5) is 5.69 Å². The Labute approximate surface area is 162 Å². The van der Waals surface area contributed by atoms with Crippen molar-refractivity contribution in [3.63, 3.8) is 0 Å². The minimum atomic E-state index is -0.250. The van der Waals surface area contributed by atoms with Crippen LogP contribution >= 0.6 is 11.6 Å². The molecule has 0 unspecified atom stereocenters. The van der Waals surface area contributed by atoms with Crippen LogP contribution in [0.2, 0.25) is 5.02 Å². The molecule has 0 fully saturated rings. The van der Waals surface area contributed by atoms with Gasteiger partial charge < -0.3 is 5.32 Å². The number of aryl methyl sites for hydroxylation is 2. The number of hydrogen-bond donors (Lipinski definition) is 1. The molecule has 0 radical (unpaired) electrons. The summed E-state index contributed by atoms with van der Waals surface area (Å²) in [5, 5.41) is 12.0. The lowest BCUT2D eigenvalue weighted by Gasteiger charge is -2.16. The van der Waals surface area contributed by atoms with Gasteiger partial charge in [0, 0.05) is 17.1 Å². The first-order chi connectivity index (χ1) is 13.0. The van der Waals surface area contributed by atoms with E-state index in [2.05, 4.69) is 15.6 Å². The van der Waals surface area contributed by atoms with Crippen LogP contribution in [0.3, 0.4) is 0 Å². The number of aromatic nitrogens is 3. The van der Waals surface area contributed by atoms with Crippen LogP contribution in [0.25, 0.3) is 10.9 Å². The number of carbonyl (C=O) groups excluding carboxylic acids is 1. The number of fused-ring (bicyclic) bond motifs is 1. The molecule has 0 atom stereocenters. The maximum Gasteiger partial charge on any atom is 0.277 e. The molecule has 0 bridgehead atoms. The van der Waals surface area contributed by atoms with Gasteiger partial charge in [-0.05, 0) is 42.2 Å². The summed E-state index contributed by atoms with van der Waals surface area (Å²) in [6.45, 7) is 4.19. The Hall–Kier alpha value is -2.73. The quantitative estimate of drug-likeness (QED) is 0.704. The fourth-order valence-electron chi connectivity index (χ4n) is 3.05. The van der Waals surface area contributed by atoms with E-state index >= 15 is 0 Å². The highest BCUT2D eigenvalue weighted by Gasteiger charge is 2.14. The van der Waals surface area contributed by atoms with Crippen LogP contribution in [0, 0.1) is 0 Å². The van der Waals surface area contributed by atoms with Crippen molar-refractivity contribution < 1.29 is 4.79 Å². The molecule has 0 aliphatic rings. The maximum atomic E-state index is 12.5. The zero-order valence-corrected chi connectivity index (χ0v) is 16.1. The maximum absolute atomic E-state index is 12.5. The third-order valence-electron chi connectivity index (χ3n) is 4.52. The molecule has 1 aromatic heterocycles. The summed E-state index contributed by atoms with van der Waals surface area (Å²) < 4.78 is 1.22. The Bertz CT molecular complexity index is 1050. The first-order valence-electron chi connectivity index (χ1n) is 8.97. The Morgan fingerprint density at radius 1 is 1.15 bits per heavy atom. The van der Waals surface area contributed by atoms with Gasteiger partial charge in [0.25, 0.3) is 5.56 Å². The molecular weight excluding hydrogens is 364 g/mol. The zero-order valence-electron chi connectivity index (χ0n) is 15.3. The number of carbonyl (C=O) groups is 1. The number of benzene rings is 2. The van der Waals surface area contributed by atoms with Gasteiger partial charge in [-0.15, -0.1) is 5.10 Å². The van der Waals surface area contributed by atoms with Crippen molar-refractivity contribution >= 4 is 34.1 Å². The highest BCUT2D eigenvalue weighted by molar-refractivity contribution is 6.32. The van der Waals surface area contributed by atoms with E-state index in [1.807, 2.05) is 26.0 Å². The fraction of sp³-hybridized carbons (Fsp3) is 0.300. The number of nitrogens with one attached hydrogen (secondary N) is 1. The van der Waals surface area contributed by atoms with Crippen LogP contribution in [-0.2, 0) is 24.2 Å². The molecule has 7 heteroatoms. The molecule has 1 heterocycles. The summed E-state index contributed by atoms with van der Waals surface area (Å²) in [5.41, 5.74) is 3.02. The lowest BCUT2D eigenvalue weighted by Crippen LogP contribution is -2.26. The van der Waals surface area contributed by atoms with Crippen LogP contribution in [-0.4, -0.2) is 20.9 Å².